The van der Waals surface area contributed by atoms with Crippen LogP contribution < -0.4 is 10.6 Å². The maximum atomic E-state index is 11.5. The lowest BCUT2D eigenvalue weighted by atomic mass is 10.3. The summed E-state index contributed by atoms with van der Waals surface area (Å²) in [4.78, 5) is 17.9. The zero-order chi connectivity index (χ0) is 14.5. The summed E-state index contributed by atoms with van der Waals surface area (Å²) in [6, 6.07) is 0. The highest BCUT2D eigenvalue weighted by Crippen LogP contribution is 1.93. The molecule has 2 N–H and O–H groups in total. The van der Waals surface area contributed by atoms with Crippen LogP contribution in [0.5, 0.6) is 0 Å². The Morgan fingerprint density at radius 1 is 1.30 bits per heavy atom. The predicted octanol–water partition coefficient (Wildman–Crippen LogP) is 1.06. The Kier molecular flexibility index (Phi) is 16.1. The molecule has 0 heterocycles. The highest BCUT2D eigenvalue weighted by molar-refractivity contribution is 14.0. The van der Waals surface area contributed by atoms with Crippen molar-refractivity contribution in [2.24, 2.45) is 4.99 Å². The number of hydrogen-bond acceptors (Lipinski definition) is 3. The van der Waals surface area contributed by atoms with Gasteiger partial charge in [0.05, 0.1) is 6.61 Å². The first-order valence-corrected chi connectivity index (χ1v) is 6.90. The molecule has 0 bridgehead atoms. The number of halogens is 1. The molecule has 0 fully saturated rings. The van der Waals surface area contributed by atoms with Crippen molar-refractivity contribution in [3.8, 4) is 0 Å². The fourth-order valence-electron chi connectivity index (χ4n) is 1.47. The number of hydrogen-bond donors (Lipinski definition) is 2. The molecular weight excluding hydrogens is 371 g/mol. The first-order chi connectivity index (χ1) is 9.15. The normalized spacial score (nSPS) is 10.7. The number of unbranched alkanes of at least 4 members (excludes halogenated alkanes) is 1. The average molecular weight is 400 g/mol. The number of guanidine groups is 1. The van der Waals surface area contributed by atoms with Crippen LogP contribution in [0, 0.1) is 0 Å². The standard InChI is InChI=1S/C13H28N4O2.HI/c1-5-7-9-17(3)13(14-6-2)16-11-12(18)15-8-10-19-4;/h5-11H2,1-4H3,(H,14,16)(H,15,18);1H. The van der Waals surface area contributed by atoms with Crippen molar-refractivity contribution in [3.05, 3.63) is 0 Å². The minimum Gasteiger partial charge on any atom is -0.383 e. The van der Waals surface area contributed by atoms with E-state index in [1.165, 1.54) is 0 Å². The Morgan fingerprint density at radius 2 is 2.00 bits per heavy atom. The first kappa shape index (κ1) is 21.7. The van der Waals surface area contributed by atoms with Gasteiger partial charge in [0.15, 0.2) is 5.96 Å². The summed E-state index contributed by atoms with van der Waals surface area (Å²) in [5.41, 5.74) is 0. The Bertz CT molecular complexity index is 275. The minimum atomic E-state index is -0.0867. The second kappa shape index (κ2) is 14.8. The number of carbonyl (C=O) groups excluding carboxylic acids is 1. The number of ether oxygens (including phenoxy) is 1. The molecule has 0 saturated carbocycles. The number of aliphatic imine (C=N–C) groups is 1. The van der Waals surface area contributed by atoms with Gasteiger partial charge < -0.3 is 20.3 Å². The van der Waals surface area contributed by atoms with E-state index >= 15 is 0 Å². The van der Waals surface area contributed by atoms with Crippen LogP contribution in [0.4, 0.5) is 0 Å². The average Bonchev–Trinajstić information content (AvgIpc) is 2.41. The van der Waals surface area contributed by atoms with Crippen molar-refractivity contribution >= 4 is 35.8 Å². The van der Waals surface area contributed by atoms with Crippen LogP contribution in [0.25, 0.3) is 0 Å². The van der Waals surface area contributed by atoms with Crippen molar-refractivity contribution in [2.45, 2.75) is 26.7 Å². The Balaban J connectivity index is 0. The molecule has 0 saturated heterocycles. The van der Waals surface area contributed by atoms with E-state index in [2.05, 4.69) is 27.4 Å². The van der Waals surface area contributed by atoms with Gasteiger partial charge in [0, 0.05) is 33.8 Å². The van der Waals surface area contributed by atoms with E-state index in [-0.39, 0.29) is 36.4 Å². The molecule has 1 amide bonds. The third-order valence-corrected chi connectivity index (χ3v) is 2.54. The van der Waals surface area contributed by atoms with Gasteiger partial charge in [-0.2, -0.15) is 0 Å². The fraction of sp³-hybridized carbons (Fsp3) is 0.846. The second-order valence-electron chi connectivity index (χ2n) is 4.29. The smallest absolute Gasteiger partial charge is 0.241 e. The van der Waals surface area contributed by atoms with Crippen molar-refractivity contribution in [2.75, 3.05) is 46.9 Å². The van der Waals surface area contributed by atoms with Crippen LogP contribution in [-0.2, 0) is 9.53 Å². The SMILES string of the molecule is CCCCN(C)C(=NCC(=O)NCCOC)NCC.I. The lowest BCUT2D eigenvalue weighted by Crippen LogP contribution is -2.40. The second-order valence-corrected chi connectivity index (χ2v) is 4.29. The van der Waals surface area contributed by atoms with Gasteiger partial charge in [-0.25, -0.2) is 4.99 Å². The summed E-state index contributed by atoms with van der Waals surface area (Å²) in [5.74, 6) is 0.689. The van der Waals surface area contributed by atoms with E-state index in [4.69, 9.17) is 4.74 Å². The Labute approximate surface area is 139 Å². The molecule has 6 nitrogen and oxygen atoms in total. The van der Waals surface area contributed by atoms with Gasteiger partial charge in [-0.05, 0) is 13.3 Å². The number of methoxy groups -OCH3 is 1. The molecule has 20 heavy (non-hydrogen) atoms. The van der Waals surface area contributed by atoms with E-state index in [0.717, 1.165) is 31.9 Å². The van der Waals surface area contributed by atoms with E-state index in [1.807, 2.05) is 14.0 Å². The van der Waals surface area contributed by atoms with Crippen molar-refractivity contribution < 1.29 is 9.53 Å². The number of carbonyl (C=O) groups is 1. The Hall–Kier alpha value is -0.570. The number of amides is 1. The molecule has 0 aromatic heterocycles. The van der Waals surface area contributed by atoms with Crippen molar-refractivity contribution in [3.63, 3.8) is 0 Å². The molecule has 0 spiro atoms. The maximum Gasteiger partial charge on any atom is 0.241 e. The molecule has 7 heteroatoms. The molecule has 0 radical (unpaired) electrons. The zero-order valence-corrected chi connectivity index (χ0v) is 15.4. The van der Waals surface area contributed by atoms with Gasteiger partial charge in [-0.3, -0.25) is 4.79 Å². The lowest BCUT2D eigenvalue weighted by Gasteiger charge is -2.21. The molecule has 0 unspecified atom stereocenters. The predicted molar refractivity (Wildman–Crippen MR) is 93.8 cm³/mol. The largest absolute Gasteiger partial charge is 0.383 e. The van der Waals surface area contributed by atoms with Crippen LogP contribution in [0.15, 0.2) is 4.99 Å². The fourth-order valence-corrected chi connectivity index (χ4v) is 1.47. The van der Waals surface area contributed by atoms with Crippen molar-refractivity contribution in [1.29, 1.82) is 0 Å². The third kappa shape index (κ3) is 11.3. The first-order valence-electron chi connectivity index (χ1n) is 6.90. The van der Waals surface area contributed by atoms with Gasteiger partial charge in [-0.15, -0.1) is 24.0 Å². The highest BCUT2D eigenvalue weighted by Gasteiger charge is 2.06. The van der Waals surface area contributed by atoms with Gasteiger partial charge in [0.1, 0.15) is 6.54 Å². The van der Waals surface area contributed by atoms with Crippen LogP contribution in [0.2, 0.25) is 0 Å². The van der Waals surface area contributed by atoms with Crippen LogP contribution in [0.3, 0.4) is 0 Å². The van der Waals surface area contributed by atoms with E-state index in [9.17, 15) is 4.79 Å². The zero-order valence-electron chi connectivity index (χ0n) is 13.1. The molecule has 0 aromatic carbocycles. The summed E-state index contributed by atoms with van der Waals surface area (Å²) in [7, 11) is 3.59. The molecule has 0 aliphatic rings. The van der Waals surface area contributed by atoms with E-state index in [1.54, 1.807) is 7.11 Å². The minimum absolute atomic E-state index is 0. The van der Waals surface area contributed by atoms with Gasteiger partial charge in [-0.1, -0.05) is 13.3 Å². The quantitative estimate of drug-likeness (QED) is 0.263. The van der Waals surface area contributed by atoms with Crippen molar-refractivity contribution in [1.82, 2.24) is 15.5 Å². The number of rotatable bonds is 9. The summed E-state index contributed by atoms with van der Waals surface area (Å²) >= 11 is 0. The summed E-state index contributed by atoms with van der Waals surface area (Å²) in [6.45, 7) is 7.08. The highest BCUT2D eigenvalue weighted by atomic mass is 127. The molecule has 0 rings (SSSR count). The Morgan fingerprint density at radius 3 is 2.55 bits per heavy atom. The number of nitrogens with zero attached hydrogens (tertiary/aromatic N) is 2. The molecule has 0 aliphatic carbocycles. The third-order valence-electron chi connectivity index (χ3n) is 2.54. The monoisotopic (exact) mass is 400 g/mol. The number of nitrogens with one attached hydrogen (secondary N) is 2. The summed E-state index contributed by atoms with van der Waals surface area (Å²) in [6.07, 6.45) is 2.25. The van der Waals surface area contributed by atoms with Crippen LogP contribution in [0.1, 0.15) is 26.7 Å². The molecule has 0 aliphatic heterocycles. The topological polar surface area (TPSA) is 66.0 Å². The van der Waals surface area contributed by atoms with Crippen LogP contribution >= 0.6 is 24.0 Å². The summed E-state index contributed by atoms with van der Waals surface area (Å²) in [5, 5.41) is 5.93. The van der Waals surface area contributed by atoms with E-state index in [0.29, 0.717) is 13.2 Å². The maximum absolute atomic E-state index is 11.5. The molecule has 0 aromatic rings. The van der Waals surface area contributed by atoms with Gasteiger partial charge >= 0.3 is 0 Å². The molecule has 0 atom stereocenters. The van der Waals surface area contributed by atoms with Crippen LogP contribution in [-0.4, -0.2) is 63.7 Å². The molecule has 120 valence electrons. The lowest BCUT2D eigenvalue weighted by molar-refractivity contribution is -0.119. The van der Waals surface area contributed by atoms with E-state index < -0.39 is 0 Å². The molecular formula is C13H29IN4O2. The van der Waals surface area contributed by atoms with Gasteiger partial charge in [0.2, 0.25) is 5.91 Å². The summed E-state index contributed by atoms with van der Waals surface area (Å²) < 4.78 is 4.87. The van der Waals surface area contributed by atoms with Gasteiger partial charge in [0.25, 0.3) is 0 Å².